The molecule has 18 heavy (non-hydrogen) atoms. The fourth-order valence-corrected chi connectivity index (χ4v) is 0.902. The molecule has 0 atom stereocenters. The number of benzene rings is 1. The maximum absolute atomic E-state index is 9.49. The molecule has 0 saturated carbocycles. The Morgan fingerprint density at radius 1 is 0.889 bits per heavy atom. The van der Waals surface area contributed by atoms with E-state index >= 15 is 0 Å². The van der Waals surface area contributed by atoms with Gasteiger partial charge in [-0.3, -0.25) is 4.98 Å². The Bertz CT molecular complexity index is 291. The summed E-state index contributed by atoms with van der Waals surface area (Å²) >= 11 is 0. The molecule has 0 bridgehead atoms. The van der Waals surface area contributed by atoms with Crippen LogP contribution < -0.4 is 5.11 Å². The standard InChI is InChI=1S/C6H6.C5H5N.C4H8O2/c2*1-2-4-6-5-3-1;1-2-3-4(5)6/h1-6H;1-5H;2-3H2,1H3,(H,5,6)/p-1. The van der Waals surface area contributed by atoms with Crippen LogP contribution in [-0.4, -0.2) is 11.0 Å². The highest BCUT2D eigenvalue weighted by Gasteiger charge is 1.75. The average molecular weight is 244 g/mol. The largest absolute Gasteiger partial charge is 0.550 e. The van der Waals surface area contributed by atoms with Gasteiger partial charge in [0.25, 0.3) is 0 Å². The monoisotopic (exact) mass is 244 g/mol. The van der Waals surface area contributed by atoms with Gasteiger partial charge in [0.15, 0.2) is 0 Å². The van der Waals surface area contributed by atoms with Crippen LogP contribution in [0.5, 0.6) is 0 Å². The first-order valence-electron chi connectivity index (χ1n) is 5.82. The maximum atomic E-state index is 9.49. The van der Waals surface area contributed by atoms with Gasteiger partial charge in [0.05, 0.1) is 0 Å². The van der Waals surface area contributed by atoms with Crippen LogP contribution in [0.3, 0.4) is 0 Å². The molecule has 0 aliphatic rings. The van der Waals surface area contributed by atoms with Crippen LogP contribution in [0.15, 0.2) is 67.0 Å². The van der Waals surface area contributed by atoms with Crippen LogP contribution in [0.2, 0.25) is 0 Å². The van der Waals surface area contributed by atoms with Crippen LogP contribution in [0.1, 0.15) is 19.8 Å². The maximum Gasteiger partial charge on any atom is 0.0414 e. The molecule has 3 heteroatoms. The van der Waals surface area contributed by atoms with Crippen molar-refractivity contribution in [1.82, 2.24) is 4.98 Å². The van der Waals surface area contributed by atoms with Gasteiger partial charge in [0, 0.05) is 18.4 Å². The van der Waals surface area contributed by atoms with E-state index in [4.69, 9.17) is 0 Å². The lowest BCUT2D eigenvalue weighted by molar-refractivity contribution is -0.305. The van der Waals surface area contributed by atoms with Gasteiger partial charge in [-0.05, 0) is 18.6 Å². The van der Waals surface area contributed by atoms with Crippen LogP contribution in [-0.2, 0) is 4.79 Å². The highest BCUT2D eigenvalue weighted by atomic mass is 16.4. The first-order valence-corrected chi connectivity index (χ1v) is 5.82. The molecule has 0 radical (unpaired) electrons. The van der Waals surface area contributed by atoms with Crippen molar-refractivity contribution in [3.05, 3.63) is 67.0 Å². The van der Waals surface area contributed by atoms with Crippen LogP contribution >= 0.6 is 0 Å². The third kappa shape index (κ3) is 13.8. The smallest absolute Gasteiger partial charge is 0.0414 e. The number of carbonyl (C=O) groups is 1. The van der Waals surface area contributed by atoms with Gasteiger partial charge in [-0.15, -0.1) is 0 Å². The predicted molar refractivity (Wildman–Crippen MR) is 70.6 cm³/mol. The highest BCUT2D eigenvalue weighted by Crippen LogP contribution is 1.80. The number of aromatic nitrogens is 1. The first kappa shape index (κ1) is 15.8. The van der Waals surface area contributed by atoms with Gasteiger partial charge < -0.3 is 9.90 Å². The molecule has 0 aliphatic heterocycles. The number of carbonyl (C=O) groups excluding carboxylic acids is 1. The Morgan fingerprint density at radius 3 is 1.39 bits per heavy atom. The number of carboxylic acid groups (broad SMARTS) is 1. The molecule has 1 aromatic heterocycles. The van der Waals surface area contributed by atoms with Crippen LogP contribution in [0.25, 0.3) is 0 Å². The molecule has 0 amide bonds. The topological polar surface area (TPSA) is 53.0 Å². The number of nitrogens with zero attached hydrogens (tertiary/aromatic N) is 1. The molecule has 1 heterocycles. The third-order valence-corrected chi connectivity index (χ3v) is 1.69. The van der Waals surface area contributed by atoms with Gasteiger partial charge in [0.1, 0.15) is 0 Å². The third-order valence-electron chi connectivity index (χ3n) is 1.69. The van der Waals surface area contributed by atoms with Gasteiger partial charge >= 0.3 is 0 Å². The van der Waals surface area contributed by atoms with E-state index in [1.165, 1.54) is 0 Å². The molecular formula is C15H18NO2-. The normalized spacial score (nSPS) is 8.06. The first-order chi connectivity index (χ1) is 8.77. The predicted octanol–water partition coefficient (Wildman–Crippen LogP) is 2.30. The van der Waals surface area contributed by atoms with Crippen molar-refractivity contribution < 1.29 is 9.90 Å². The fraction of sp³-hybridized carbons (Fsp3) is 0.200. The highest BCUT2D eigenvalue weighted by molar-refractivity contribution is 5.63. The molecular weight excluding hydrogens is 226 g/mol. The number of hydrogen-bond acceptors (Lipinski definition) is 3. The lowest BCUT2D eigenvalue weighted by atomic mass is 10.4. The fourth-order valence-electron chi connectivity index (χ4n) is 0.902. The van der Waals surface area contributed by atoms with Crippen molar-refractivity contribution in [3.63, 3.8) is 0 Å². The number of hydrogen-bond donors (Lipinski definition) is 0. The van der Waals surface area contributed by atoms with Crippen LogP contribution in [0.4, 0.5) is 0 Å². The molecule has 2 aromatic rings. The Kier molecular flexibility index (Phi) is 11.4. The Balaban J connectivity index is 0.000000241. The van der Waals surface area contributed by atoms with Crippen LogP contribution in [0, 0.1) is 0 Å². The van der Waals surface area contributed by atoms with Gasteiger partial charge in [0.2, 0.25) is 0 Å². The van der Waals surface area contributed by atoms with E-state index in [2.05, 4.69) is 4.98 Å². The molecule has 0 spiro atoms. The van der Waals surface area contributed by atoms with Gasteiger partial charge in [-0.25, -0.2) is 0 Å². The quantitative estimate of drug-likeness (QED) is 0.814. The van der Waals surface area contributed by atoms with E-state index in [-0.39, 0.29) is 6.42 Å². The van der Waals surface area contributed by atoms with E-state index in [9.17, 15) is 9.90 Å². The number of aliphatic carboxylic acids is 1. The summed E-state index contributed by atoms with van der Waals surface area (Å²) in [7, 11) is 0. The van der Waals surface area contributed by atoms with Crippen molar-refractivity contribution in [1.29, 1.82) is 0 Å². The Morgan fingerprint density at radius 2 is 1.28 bits per heavy atom. The van der Waals surface area contributed by atoms with E-state index in [1.54, 1.807) is 19.3 Å². The summed E-state index contributed by atoms with van der Waals surface area (Å²) in [5, 5.41) is 9.49. The summed E-state index contributed by atoms with van der Waals surface area (Å²) in [6.45, 7) is 1.80. The summed E-state index contributed by atoms with van der Waals surface area (Å²) in [4.78, 5) is 13.3. The number of rotatable bonds is 2. The van der Waals surface area contributed by atoms with E-state index < -0.39 is 5.97 Å². The van der Waals surface area contributed by atoms with Crippen molar-refractivity contribution >= 4 is 5.97 Å². The van der Waals surface area contributed by atoms with Crippen molar-refractivity contribution in [2.24, 2.45) is 0 Å². The molecule has 0 saturated heterocycles. The molecule has 96 valence electrons. The van der Waals surface area contributed by atoms with Crippen molar-refractivity contribution in [3.8, 4) is 0 Å². The van der Waals surface area contributed by atoms with E-state index in [0.29, 0.717) is 6.42 Å². The lowest BCUT2D eigenvalue weighted by Gasteiger charge is -1.92. The van der Waals surface area contributed by atoms with E-state index in [0.717, 1.165) is 0 Å². The summed E-state index contributed by atoms with van der Waals surface area (Å²) in [5.74, 6) is -0.961. The van der Waals surface area contributed by atoms with Crippen molar-refractivity contribution in [2.75, 3.05) is 0 Å². The van der Waals surface area contributed by atoms with Gasteiger partial charge in [-0.1, -0.05) is 55.8 Å². The lowest BCUT2D eigenvalue weighted by Crippen LogP contribution is -2.20. The zero-order valence-corrected chi connectivity index (χ0v) is 10.5. The van der Waals surface area contributed by atoms with E-state index in [1.807, 2.05) is 54.6 Å². The minimum absolute atomic E-state index is 0.181. The second-order valence-electron chi connectivity index (χ2n) is 3.30. The SMILES string of the molecule is CCCC(=O)[O-].c1ccccc1.c1ccncc1. The molecule has 0 fully saturated rings. The van der Waals surface area contributed by atoms with Crippen molar-refractivity contribution in [2.45, 2.75) is 19.8 Å². The molecule has 3 nitrogen and oxygen atoms in total. The zero-order valence-electron chi connectivity index (χ0n) is 10.5. The number of carboxylic acids is 1. The minimum Gasteiger partial charge on any atom is -0.550 e. The molecule has 0 aliphatic carbocycles. The molecule has 0 N–H and O–H groups in total. The second kappa shape index (κ2) is 12.9. The molecule has 2 rings (SSSR count). The Labute approximate surface area is 108 Å². The molecule has 1 aromatic carbocycles. The summed E-state index contributed by atoms with van der Waals surface area (Å²) in [5.41, 5.74) is 0. The summed E-state index contributed by atoms with van der Waals surface area (Å²) in [6.07, 6.45) is 4.35. The second-order valence-corrected chi connectivity index (χ2v) is 3.30. The average Bonchev–Trinajstić information content (AvgIpc) is 2.44. The van der Waals surface area contributed by atoms with Gasteiger partial charge in [-0.2, -0.15) is 0 Å². The summed E-state index contributed by atoms with van der Waals surface area (Å²) < 4.78 is 0. The molecule has 0 unspecified atom stereocenters. The minimum atomic E-state index is -0.961. The number of pyridine rings is 1. The Hall–Kier alpha value is -2.16. The summed E-state index contributed by atoms with van der Waals surface area (Å²) in [6, 6.07) is 17.7. The zero-order chi connectivity index (χ0) is 13.5.